The third-order valence-corrected chi connectivity index (χ3v) is 7.52. The Balaban J connectivity index is 1.89. The average Bonchev–Trinajstić information content (AvgIpc) is 3.13. The topological polar surface area (TPSA) is 82.0 Å². The highest BCUT2D eigenvalue weighted by Crippen LogP contribution is 2.60. The molecule has 0 amide bonds. The van der Waals surface area contributed by atoms with Gasteiger partial charge in [0.05, 0.1) is 5.57 Å². The Morgan fingerprint density at radius 3 is 2.84 bits per heavy atom. The summed E-state index contributed by atoms with van der Waals surface area (Å²) in [5.41, 5.74) is 0.606. The molecule has 168 valence electrons. The second-order valence-corrected chi connectivity index (χ2v) is 9.40. The summed E-state index contributed by atoms with van der Waals surface area (Å²) in [4.78, 5) is 39.9. The second kappa shape index (κ2) is 9.35. The van der Waals surface area contributed by atoms with E-state index < -0.39 is 11.6 Å². The van der Waals surface area contributed by atoms with Crippen molar-refractivity contribution < 1.29 is 23.9 Å². The maximum atomic E-state index is 12.4. The minimum Gasteiger partial charge on any atom is -0.460 e. The summed E-state index contributed by atoms with van der Waals surface area (Å²) in [7, 11) is 0. The van der Waals surface area contributed by atoms with Crippen LogP contribution in [-0.2, 0) is 23.9 Å². The molecule has 3 rings (SSSR count). The molecule has 0 saturated heterocycles. The van der Waals surface area contributed by atoms with E-state index in [0.717, 1.165) is 37.7 Å². The number of ether oxygens (including phenoxy) is 2. The van der Waals surface area contributed by atoms with Gasteiger partial charge in [-0.2, -0.15) is 4.99 Å². The number of isocyanates is 1. The SMILES string of the molecule is C=C1CC[C@H]2[C@@](C)(CC[C@@H](OC(=O)CCCC)[C@@]2(C)N=C=O)[C@@H]1/C=C/C1=CCOC1=O. The highest BCUT2D eigenvalue weighted by atomic mass is 16.5. The third-order valence-electron chi connectivity index (χ3n) is 7.52. The number of aliphatic imine (C=N–C) groups is 1. The van der Waals surface area contributed by atoms with Crippen LogP contribution in [0.5, 0.6) is 0 Å². The van der Waals surface area contributed by atoms with E-state index in [2.05, 4.69) is 18.5 Å². The van der Waals surface area contributed by atoms with Crippen LogP contribution in [0.15, 0.2) is 40.9 Å². The van der Waals surface area contributed by atoms with Crippen LogP contribution in [0.3, 0.4) is 0 Å². The molecule has 1 aliphatic heterocycles. The first-order valence-corrected chi connectivity index (χ1v) is 11.3. The van der Waals surface area contributed by atoms with Gasteiger partial charge in [0.1, 0.15) is 18.2 Å². The standard InChI is InChI=1S/C25H33NO5/c1-5-6-7-22(28)31-21-12-14-24(3)19(10-9-18-13-15-30-23(18)29)17(2)8-11-20(24)25(21,4)26-16-27/h9-10,13,19-21H,2,5-8,11-12,14-15H2,1,3-4H3/b10-9+/t19-,20+,21-,24+,25+/m1/s1. The Morgan fingerprint density at radius 2 is 2.19 bits per heavy atom. The highest BCUT2D eigenvalue weighted by Gasteiger charge is 2.59. The van der Waals surface area contributed by atoms with E-state index in [4.69, 9.17) is 9.47 Å². The summed E-state index contributed by atoms with van der Waals surface area (Å²) in [5.74, 6) is -0.495. The van der Waals surface area contributed by atoms with Gasteiger partial charge in [-0.25, -0.2) is 9.59 Å². The Hall–Kier alpha value is -2.46. The number of hydrogen-bond acceptors (Lipinski definition) is 6. The Labute approximate surface area is 184 Å². The number of rotatable bonds is 7. The van der Waals surface area contributed by atoms with Crippen LogP contribution in [0.1, 0.15) is 65.7 Å². The maximum Gasteiger partial charge on any atom is 0.338 e. The van der Waals surface area contributed by atoms with E-state index in [9.17, 15) is 14.4 Å². The molecule has 1 heterocycles. The van der Waals surface area contributed by atoms with Crippen LogP contribution >= 0.6 is 0 Å². The molecule has 0 bridgehead atoms. The lowest BCUT2D eigenvalue weighted by Crippen LogP contribution is -2.59. The summed E-state index contributed by atoms with van der Waals surface area (Å²) in [6, 6.07) is 0. The van der Waals surface area contributed by atoms with Gasteiger partial charge in [-0.05, 0) is 56.4 Å². The lowest BCUT2D eigenvalue weighted by atomic mass is 9.49. The van der Waals surface area contributed by atoms with E-state index in [1.54, 1.807) is 12.2 Å². The van der Waals surface area contributed by atoms with Crippen molar-refractivity contribution in [3.8, 4) is 0 Å². The molecule has 5 atom stereocenters. The summed E-state index contributed by atoms with van der Waals surface area (Å²) in [6.45, 7) is 10.8. The van der Waals surface area contributed by atoms with Crippen LogP contribution in [-0.4, -0.2) is 36.3 Å². The zero-order valence-electron chi connectivity index (χ0n) is 18.8. The van der Waals surface area contributed by atoms with Crippen molar-refractivity contribution in [2.24, 2.45) is 22.2 Å². The Morgan fingerprint density at radius 1 is 1.42 bits per heavy atom. The Kier molecular flexibility index (Phi) is 7.00. The van der Waals surface area contributed by atoms with Crippen molar-refractivity contribution in [2.75, 3.05) is 6.61 Å². The van der Waals surface area contributed by atoms with Crippen molar-refractivity contribution in [2.45, 2.75) is 77.4 Å². The monoisotopic (exact) mass is 427 g/mol. The first-order valence-electron chi connectivity index (χ1n) is 11.3. The van der Waals surface area contributed by atoms with Crippen molar-refractivity contribution in [1.82, 2.24) is 0 Å². The number of fused-ring (bicyclic) bond motifs is 1. The van der Waals surface area contributed by atoms with E-state index in [1.165, 1.54) is 0 Å². The lowest BCUT2D eigenvalue weighted by Gasteiger charge is -2.58. The van der Waals surface area contributed by atoms with E-state index in [0.29, 0.717) is 25.0 Å². The van der Waals surface area contributed by atoms with Gasteiger partial charge >= 0.3 is 11.9 Å². The van der Waals surface area contributed by atoms with Crippen LogP contribution in [0, 0.1) is 17.3 Å². The van der Waals surface area contributed by atoms with Crippen LogP contribution in [0.2, 0.25) is 0 Å². The van der Waals surface area contributed by atoms with Gasteiger partial charge in [-0.1, -0.05) is 44.6 Å². The van der Waals surface area contributed by atoms with Crippen molar-refractivity contribution in [3.63, 3.8) is 0 Å². The molecule has 0 aromatic heterocycles. The van der Waals surface area contributed by atoms with Crippen LogP contribution < -0.4 is 0 Å². The fraction of sp³-hybridized carbons (Fsp3) is 0.640. The molecule has 0 unspecified atom stereocenters. The molecule has 2 aliphatic carbocycles. The van der Waals surface area contributed by atoms with E-state index in [-0.39, 0.29) is 29.2 Å². The molecule has 0 aromatic carbocycles. The van der Waals surface area contributed by atoms with Gasteiger partial charge in [-0.15, -0.1) is 0 Å². The fourth-order valence-corrected chi connectivity index (χ4v) is 5.78. The van der Waals surface area contributed by atoms with Gasteiger partial charge in [0.25, 0.3) is 0 Å². The van der Waals surface area contributed by atoms with E-state index >= 15 is 0 Å². The lowest BCUT2D eigenvalue weighted by molar-refractivity contribution is -0.163. The van der Waals surface area contributed by atoms with Crippen molar-refractivity contribution >= 4 is 18.0 Å². The van der Waals surface area contributed by atoms with Gasteiger partial charge in [0.2, 0.25) is 6.08 Å². The van der Waals surface area contributed by atoms with Crippen LogP contribution in [0.4, 0.5) is 0 Å². The minimum atomic E-state index is -0.838. The Bertz CT molecular complexity index is 852. The summed E-state index contributed by atoms with van der Waals surface area (Å²) in [6.07, 6.45) is 12.1. The molecule has 2 fully saturated rings. The normalized spacial score (nSPS) is 35.2. The number of nitrogens with zero attached hydrogens (tertiary/aromatic N) is 1. The number of carbonyl (C=O) groups excluding carboxylic acids is 3. The van der Waals surface area contributed by atoms with Gasteiger partial charge in [0, 0.05) is 12.3 Å². The number of unbranched alkanes of at least 4 members (excludes halogenated alkanes) is 1. The number of esters is 2. The number of allylic oxidation sites excluding steroid dienone is 2. The molecule has 2 saturated carbocycles. The quantitative estimate of drug-likeness (QED) is 0.257. The third kappa shape index (κ3) is 4.45. The molecule has 0 spiro atoms. The zero-order chi connectivity index (χ0) is 22.6. The van der Waals surface area contributed by atoms with Crippen LogP contribution in [0.25, 0.3) is 0 Å². The minimum absolute atomic E-state index is 0.0174. The molecule has 0 aromatic rings. The summed E-state index contributed by atoms with van der Waals surface area (Å²) in [5, 5.41) is 0. The molecule has 0 radical (unpaired) electrons. The predicted octanol–water partition coefficient (Wildman–Crippen LogP) is 4.60. The van der Waals surface area contributed by atoms with Gasteiger partial charge < -0.3 is 9.47 Å². The fourth-order valence-electron chi connectivity index (χ4n) is 5.78. The molecule has 0 N–H and O–H groups in total. The average molecular weight is 428 g/mol. The molecular weight excluding hydrogens is 394 g/mol. The molecular formula is C25H33NO5. The molecule has 6 nitrogen and oxygen atoms in total. The summed E-state index contributed by atoms with van der Waals surface area (Å²) < 4.78 is 10.8. The molecule has 3 aliphatic rings. The number of cyclic esters (lactones) is 1. The maximum absolute atomic E-state index is 12.4. The first kappa shape index (κ1) is 23.2. The van der Waals surface area contributed by atoms with Crippen molar-refractivity contribution in [1.29, 1.82) is 0 Å². The number of hydrogen-bond donors (Lipinski definition) is 0. The first-order chi connectivity index (χ1) is 14.8. The van der Waals surface area contributed by atoms with Gasteiger partial charge in [0.15, 0.2) is 0 Å². The second-order valence-electron chi connectivity index (χ2n) is 9.40. The summed E-state index contributed by atoms with van der Waals surface area (Å²) >= 11 is 0. The molecule has 6 heteroatoms. The predicted molar refractivity (Wildman–Crippen MR) is 117 cm³/mol. The van der Waals surface area contributed by atoms with Gasteiger partial charge in [-0.3, -0.25) is 4.79 Å². The zero-order valence-corrected chi connectivity index (χ0v) is 18.8. The smallest absolute Gasteiger partial charge is 0.338 e. The molecule has 31 heavy (non-hydrogen) atoms. The highest BCUT2D eigenvalue weighted by molar-refractivity contribution is 5.93. The van der Waals surface area contributed by atoms with Crippen molar-refractivity contribution in [3.05, 3.63) is 36.0 Å². The van der Waals surface area contributed by atoms with E-state index in [1.807, 2.05) is 26.0 Å². The largest absolute Gasteiger partial charge is 0.460 e. The number of carbonyl (C=O) groups is 2.